The van der Waals surface area contributed by atoms with Gasteiger partial charge in [-0.3, -0.25) is 0 Å². The zero-order chi connectivity index (χ0) is 13.5. The van der Waals surface area contributed by atoms with Crippen LogP contribution in [-0.4, -0.2) is 24.1 Å². The largest absolute Gasteiger partial charge is 0.346 e. The predicted molar refractivity (Wildman–Crippen MR) is 77.7 cm³/mol. The summed E-state index contributed by atoms with van der Waals surface area (Å²) in [6.07, 6.45) is 5.36. The van der Waals surface area contributed by atoms with Crippen molar-refractivity contribution in [3.05, 3.63) is 23.4 Å². The lowest BCUT2D eigenvalue weighted by atomic mass is 10.2. The number of rotatable bonds is 6. The molecule has 3 nitrogen and oxygen atoms in total. The Morgan fingerprint density at radius 2 is 2.17 bits per heavy atom. The number of hydrogen-bond acceptors (Lipinski definition) is 3. The molecule has 1 rings (SSSR count). The number of terminal acetylenes is 1. The quantitative estimate of drug-likeness (QED) is 0.780. The molecule has 1 N–H and O–H groups in total. The molecule has 3 heteroatoms. The molecule has 0 aliphatic rings. The van der Waals surface area contributed by atoms with Crippen molar-refractivity contribution in [3.8, 4) is 12.3 Å². The Labute approximate surface area is 111 Å². The fourth-order valence-corrected chi connectivity index (χ4v) is 1.72. The van der Waals surface area contributed by atoms with Crippen LogP contribution in [0.15, 0.2) is 12.1 Å². The Kier molecular flexibility index (Phi) is 5.67. The molecular weight excluding hydrogens is 222 g/mol. The molecule has 1 aromatic rings. The molecule has 0 unspecified atom stereocenters. The van der Waals surface area contributed by atoms with Crippen LogP contribution in [0.1, 0.15) is 32.0 Å². The highest BCUT2D eigenvalue weighted by atomic mass is 15.2. The maximum Gasteiger partial charge on any atom is 0.129 e. The summed E-state index contributed by atoms with van der Waals surface area (Å²) in [5.41, 5.74) is 2.31. The second kappa shape index (κ2) is 7.03. The summed E-state index contributed by atoms with van der Waals surface area (Å²) < 4.78 is 0. The summed E-state index contributed by atoms with van der Waals surface area (Å²) in [6.45, 7) is 10.8. The summed E-state index contributed by atoms with van der Waals surface area (Å²) in [4.78, 5) is 6.72. The van der Waals surface area contributed by atoms with Crippen LogP contribution in [-0.2, 0) is 6.54 Å². The third-order valence-electron chi connectivity index (χ3n) is 2.87. The van der Waals surface area contributed by atoms with E-state index in [0.717, 1.165) is 24.6 Å². The van der Waals surface area contributed by atoms with Crippen molar-refractivity contribution < 1.29 is 0 Å². The lowest BCUT2D eigenvalue weighted by Gasteiger charge is -2.20. The van der Waals surface area contributed by atoms with Crippen LogP contribution in [0.4, 0.5) is 5.82 Å². The molecule has 1 aromatic heterocycles. The van der Waals surface area contributed by atoms with E-state index < -0.39 is 0 Å². The van der Waals surface area contributed by atoms with Gasteiger partial charge in [-0.15, -0.1) is 6.42 Å². The molecule has 0 atom stereocenters. The van der Waals surface area contributed by atoms with Crippen LogP contribution in [0.5, 0.6) is 0 Å². The van der Waals surface area contributed by atoms with E-state index >= 15 is 0 Å². The Balaban J connectivity index is 2.81. The SMILES string of the molecule is C#CCN(CC)c1ccc(CNC(C)C)c(C)n1. The van der Waals surface area contributed by atoms with Gasteiger partial charge in [0.15, 0.2) is 0 Å². The molecule has 0 aliphatic carbocycles. The fourth-order valence-electron chi connectivity index (χ4n) is 1.72. The third kappa shape index (κ3) is 4.05. The number of hydrogen-bond donors (Lipinski definition) is 1. The summed E-state index contributed by atoms with van der Waals surface area (Å²) >= 11 is 0. The highest BCUT2D eigenvalue weighted by molar-refractivity contribution is 5.42. The Morgan fingerprint density at radius 3 is 2.67 bits per heavy atom. The van der Waals surface area contributed by atoms with Crippen molar-refractivity contribution >= 4 is 5.82 Å². The number of anilines is 1. The van der Waals surface area contributed by atoms with Crippen LogP contribution in [0.2, 0.25) is 0 Å². The van der Waals surface area contributed by atoms with Gasteiger partial charge in [-0.25, -0.2) is 4.98 Å². The van der Waals surface area contributed by atoms with Gasteiger partial charge in [-0.05, 0) is 25.5 Å². The zero-order valence-corrected chi connectivity index (χ0v) is 11.8. The summed E-state index contributed by atoms with van der Waals surface area (Å²) in [5, 5.41) is 3.40. The lowest BCUT2D eigenvalue weighted by Crippen LogP contribution is -2.25. The molecule has 0 fully saturated rings. The minimum Gasteiger partial charge on any atom is -0.346 e. The molecule has 0 bridgehead atoms. The topological polar surface area (TPSA) is 28.2 Å². The maximum atomic E-state index is 5.36. The monoisotopic (exact) mass is 245 g/mol. The second-order valence-corrected chi connectivity index (χ2v) is 4.67. The molecule has 0 amide bonds. The molecule has 18 heavy (non-hydrogen) atoms. The van der Waals surface area contributed by atoms with Gasteiger partial charge in [-0.1, -0.05) is 25.8 Å². The first-order valence-electron chi connectivity index (χ1n) is 6.46. The van der Waals surface area contributed by atoms with E-state index in [1.807, 2.05) is 13.0 Å². The van der Waals surface area contributed by atoms with Crippen LogP contribution in [0.3, 0.4) is 0 Å². The number of nitrogens with one attached hydrogen (secondary N) is 1. The highest BCUT2D eigenvalue weighted by Crippen LogP contribution is 2.14. The van der Waals surface area contributed by atoms with Crippen LogP contribution in [0, 0.1) is 19.3 Å². The Bertz CT molecular complexity index is 418. The number of aryl methyl sites for hydroxylation is 1. The third-order valence-corrected chi connectivity index (χ3v) is 2.87. The van der Waals surface area contributed by atoms with Gasteiger partial charge in [0.05, 0.1) is 6.54 Å². The van der Waals surface area contributed by atoms with E-state index in [9.17, 15) is 0 Å². The summed E-state index contributed by atoms with van der Waals surface area (Å²) in [6, 6.07) is 4.66. The molecule has 0 spiro atoms. The molecule has 0 radical (unpaired) electrons. The van der Waals surface area contributed by atoms with E-state index in [4.69, 9.17) is 6.42 Å². The molecule has 98 valence electrons. The van der Waals surface area contributed by atoms with Crippen molar-refractivity contribution in [2.45, 2.75) is 40.3 Å². The molecule has 1 heterocycles. The molecule has 0 saturated carbocycles. The average Bonchev–Trinajstić information content (AvgIpc) is 2.34. The van der Waals surface area contributed by atoms with Crippen molar-refractivity contribution in [1.82, 2.24) is 10.3 Å². The van der Waals surface area contributed by atoms with E-state index in [0.29, 0.717) is 12.6 Å². The van der Waals surface area contributed by atoms with Crippen LogP contribution >= 0.6 is 0 Å². The minimum atomic E-state index is 0.484. The smallest absolute Gasteiger partial charge is 0.129 e. The van der Waals surface area contributed by atoms with Gasteiger partial charge in [0, 0.05) is 24.8 Å². The molecule has 0 aliphatic heterocycles. The van der Waals surface area contributed by atoms with Crippen molar-refractivity contribution in [3.63, 3.8) is 0 Å². The highest BCUT2D eigenvalue weighted by Gasteiger charge is 2.07. The van der Waals surface area contributed by atoms with Gasteiger partial charge >= 0.3 is 0 Å². The van der Waals surface area contributed by atoms with Crippen LogP contribution in [0.25, 0.3) is 0 Å². The molecular formula is C15H23N3. The number of nitrogens with zero attached hydrogens (tertiary/aromatic N) is 2. The normalized spacial score (nSPS) is 10.4. The summed E-state index contributed by atoms with van der Waals surface area (Å²) in [5.74, 6) is 3.62. The first-order valence-corrected chi connectivity index (χ1v) is 6.46. The first-order chi connectivity index (χ1) is 8.58. The van der Waals surface area contributed by atoms with Gasteiger partial charge in [-0.2, -0.15) is 0 Å². The molecule has 0 aromatic carbocycles. The summed E-state index contributed by atoms with van der Waals surface area (Å²) in [7, 11) is 0. The lowest BCUT2D eigenvalue weighted by molar-refractivity contribution is 0.586. The van der Waals surface area contributed by atoms with Gasteiger partial charge in [0.2, 0.25) is 0 Å². The Morgan fingerprint density at radius 1 is 1.44 bits per heavy atom. The predicted octanol–water partition coefficient (Wildman–Crippen LogP) is 2.35. The average molecular weight is 245 g/mol. The standard InChI is InChI=1S/C15H23N3/c1-6-10-18(7-2)15-9-8-14(13(5)17-15)11-16-12(3)4/h1,8-9,12,16H,7,10-11H2,2-5H3. The Hall–Kier alpha value is -1.53. The maximum absolute atomic E-state index is 5.36. The van der Waals surface area contributed by atoms with Gasteiger partial charge in [0.25, 0.3) is 0 Å². The van der Waals surface area contributed by atoms with E-state index in [1.165, 1.54) is 5.56 Å². The number of pyridine rings is 1. The van der Waals surface area contributed by atoms with Gasteiger partial charge < -0.3 is 10.2 Å². The van der Waals surface area contributed by atoms with Gasteiger partial charge in [0.1, 0.15) is 5.82 Å². The van der Waals surface area contributed by atoms with Crippen molar-refractivity contribution in [1.29, 1.82) is 0 Å². The van der Waals surface area contributed by atoms with Crippen molar-refractivity contribution in [2.75, 3.05) is 18.0 Å². The number of aromatic nitrogens is 1. The first kappa shape index (κ1) is 14.5. The molecule has 0 saturated heterocycles. The van der Waals surface area contributed by atoms with E-state index in [2.05, 4.69) is 48.0 Å². The van der Waals surface area contributed by atoms with Crippen molar-refractivity contribution in [2.24, 2.45) is 0 Å². The van der Waals surface area contributed by atoms with E-state index in [-0.39, 0.29) is 0 Å². The minimum absolute atomic E-state index is 0.484. The zero-order valence-electron chi connectivity index (χ0n) is 11.8. The second-order valence-electron chi connectivity index (χ2n) is 4.67. The van der Waals surface area contributed by atoms with Crippen LogP contribution < -0.4 is 10.2 Å². The van der Waals surface area contributed by atoms with E-state index in [1.54, 1.807) is 0 Å². The fraction of sp³-hybridized carbons (Fsp3) is 0.533.